The third-order valence-corrected chi connectivity index (χ3v) is 4.41. The van der Waals surface area contributed by atoms with Crippen LogP contribution >= 0.6 is 0 Å². The standard InChI is InChI=1S/C19H20.2C2H6.CH4/c1-13-12-16-8-4-5-10-18(16)14(2)15(3)19-11-7-6-9-17(13)19;2*1-2;/h4-11,13H,12H2,1-3H3;2*1-2H3;1H4/b15-14-;;;. The van der Waals surface area contributed by atoms with Crippen molar-refractivity contribution in [1.29, 1.82) is 0 Å². The van der Waals surface area contributed by atoms with Crippen LogP contribution in [0.25, 0.3) is 11.1 Å². The zero-order valence-corrected chi connectivity index (χ0v) is 15.9. The van der Waals surface area contributed by atoms with Gasteiger partial charge in [0.15, 0.2) is 0 Å². The van der Waals surface area contributed by atoms with Crippen LogP contribution in [0.1, 0.15) is 84.1 Å². The van der Waals surface area contributed by atoms with Crippen LogP contribution in [0.4, 0.5) is 0 Å². The number of hydrogen-bond donors (Lipinski definition) is 0. The molecular formula is C24H36. The molecule has 0 aromatic heterocycles. The summed E-state index contributed by atoms with van der Waals surface area (Å²) >= 11 is 0. The molecule has 24 heavy (non-hydrogen) atoms. The van der Waals surface area contributed by atoms with Crippen molar-refractivity contribution in [3.8, 4) is 0 Å². The van der Waals surface area contributed by atoms with Crippen LogP contribution in [0.3, 0.4) is 0 Å². The highest BCUT2D eigenvalue weighted by molar-refractivity contribution is 5.91. The highest BCUT2D eigenvalue weighted by Crippen LogP contribution is 2.37. The molecular weight excluding hydrogens is 288 g/mol. The molecule has 1 unspecified atom stereocenters. The predicted octanol–water partition coefficient (Wildman–Crippen LogP) is 7.99. The van der Waals surface area contributed by atoms with Crippen LogP contribution in [0, 0.1) is 0 Å². The molecule has 3 rings (SSSR count). The van der Waals surface area contributed by atoms with Crippen molar-refractivity contribution in [2.75, 3.05) is 0 Å². The van der Waals surface area contributed by atoms with E-state index in [4.69, 9.17) is 0 Å². The summed E-state index contributed by atoms with van der Waals surface area (Å²) in [6.07, 6.45) is 1.12. The molecule has 1 aliphatic carbocycles. The lowest BCUT2D eigenvalue weighted by atomic mass is 9.81. The lowest BCUT2D eigenvalue weighted by Crippen LogP contribution is -2.07. The van der Waals surface area contributed by atoms with Gasteiger partial charge in [0.25, 0.3) is 0 Å². The van der Waals surface area contributed by atoms with E-state index in [-0.39, 0.29) is 7.43 Å². The van der Waals surface area contributed by atoms with Crippen LogP contribution in [-0.2, 0) is 6.42 Å². The highest BCUT2D eigenvalue weighted by Gasteiger charge is 2.18. The number of fused-ring (bicyclic) bond motifs is 2. The number of allylic oxidation sites excluding steroid dienone is 2. The lowest BCUT2D eigenvalue weighted by molar-refractivity contribution is 0.753. The van der Waals surface area contributed by atoms with Gasteiger partial charge in [-0.15, -0.1) is 0 Å². The molecule has 0 nitrogen and oxygen atoms in total. The van der Waals surface area contributed by atoms with Crippen LogP contribution in [0.2, 0.25) is 0 Å². The van der Waals surface area contributed by atoms with E-state index < -0.39 is 0 Å². The summed E-state index contributed by atoms with van der Waals surface area (Å²) in [4.78, 5) is 0. The summed E-state index contributed by atoms with van der Waals surface area (Å²) in [6.45, 7) is 14.8. The maximum atomic E-state index is 2.34. The normalized spacial score (nSPS) is 18.0. The molecule has 0 heterocycles. The fourth-order valence-corrected chi connectivity index (χ4v) is 3.18. The smallest absolute Gasteiger partial charge is 0.0144 e. The Morgan fingerprint density at radius 2 is 1.17 bits per heavy atom. The van der Waals surface area contributed by atoms with Gasteiger partial charge in [-0.3, -0.25) is 0 Å². The van der Waals surface area contributed by atoms with Crippen molar-refractivity contribution >= 4 is 11.1 Å². The van der Waals surface area contributed by atoms with Gasteiger partial charge in [0.1, 0.15) is 0 Å². The predicted molar refractivity (Wildman–Crippen MR) is 113 cm³/mol. The fourth-order valence-electron chi connectivity index (χ4n) is 3.18. The second kappa shape index (κ2) is 10.9. The summed E-state index contributed by atoms with van der Waals surface area (Å²) in [7, 11) is 0. The highest BCUT2D eigenvalue weighted by atomic mass is 14.2. The SMILES string of the molecule is C.C/C1=C(\C)c2ccccc2C(C)Cc2ccccc21.CC.CC. The van der Waals surface area contributed by atoms with Gasteiger partial charge < -0.3 is 0 Å². The van der Waals surface area contributed by atoms with Crippen molar-refractivity contribution in [2.45, 2.75) is 68.2 Å². The third kappa shape index (κ3) is 4.60. The molecule has 1 atom stereocenters. The zero-order chi connectivity index (χ0) is 17.4. The van der Waals surface area contributed by atoms with E-state index in [1.54, 1.807) is 0 Å². The molecule has 0 bridgehead atoms. The van der Waals surface area contributed by atoms with Gasteiger partial charge in [0, 0.05) is 0 Å². The van der Waals surface area contributed by atoms with Gasteiger partial charge in [0.2, 0.25) is 0 Å². The van der Waals surface area contributed by atoms with Crippen molar-refractivity contribution in [3.05, 3.63) is 70.8 Å². The average Bonchev–Trinajstić information content (AvgIpc) is 2.63. The Hall–Kier alpha value is -1.82. The van der Waals surface area contributed by atoms with Crippen molar-refractivity contribution in [3.63, 3.8) is 0 Å². The Morgan fingerprint density at radius 3 is 1.79 bits per heavy atom. The summed E-state index contributed by atoms with van der Waals surface area (Å²) in [5.41, 5.74) is 8.61. The molecule has 0 fully saturated rings. The number of rotatable bonds is 0. The first kappa shape index (κ1) is 22.2. The molecule has 2 aromatic rings. The van der Waals surface area contributed by atoms with E-state index in [9.17, 15) is 0 Å². The second-order valence-corrected chi connectivity index (χ2v) is 5.60. The van der Waals surface area contributed by atoms with Gasteiger partial charge in [-0.25, -0.2) is 0 Å². The molecule has 0 radical (unpaired) electrons. The minimum atomic E-state index is 0. The van der Waals surface area contributed by atoms with Gasteiger partial charge >= 0.3 is 0 Å². The molecule has 0 saturated carbocycles. The van der Waals surface area contributed by atoms with Crippen molar-refractivity contribution in [1.82, 2.24) is 0 Å². The van der Waals surface area contributed by atoms with Crippen LogP contribution in [-0.4, -0.2) is 0 Å². The monoisotopic (exact) mass is 324 g/mol. The minimum absolute atomic E-state index is 0. The molecule has 1 aliphatic rings. The van der Waals surface area contributed by atoms with Gasteiger partial charge in [-0.05, 0) is 59.6 Å². The molecule has 2 aromatic carbocycles. The number of hydrogen-bond acceptors (Lipinski definition) is 0. The lowest BCUT2D eigenvalue weighted by Gasteiger charge is -2.24. The van der Waals surface area contributed by atoms with E-state index in [1.807, 2.05) is 27.7 Å². The quantitative estimate of drug-likeness (QED) is 0.460. The maximum absolute atomic E-state index is 2.34. The van der Waals surface area contributed by atoms with Gasteiger partial charge in [0.05, 0.1) is 0 Å². The Bertz CT molecular complexity index is 647. The zero-order valence-electron chi connectivity index (χ0n) is 15.9. The van der Waals surface area contributed by atoms with E-state index in [0.29, 0.717) is 5.92 Å². The molecule has 132 valence electrons. The van der Waals surface area contributed by atoms with Crippen LogP contribution in [0.5, 0.6) is 0 Å². The summed E-state index contributed by atoms with van der Waals surface area (Å²) < 4.78 is 0. The van der Waals surface area contributed by atoms with E-state index in [2.05, 4.69) is 69.3 Å². The molecule has 0 aliphatic heterocycles. The molecule has 0 heteroatoms. The molecule has 0 amide bonds. The van der Waals surface area contributed by atoms with E-state index >= 15 is 0 Å². The molecule has 0 saturated heterocycles. The Balaban J connectivity index is 0.000000987. The molecule has 0 N–H and O–H groups in total. The van der Waals surface area contributed by atoms with Gasteiger partial charge in [-0.2, -0.15) is 0 Å². The van der Waals surface area contributed by atoms with Crippen LogP contribution in [0.15, 0.2) is 48.5 Å². The maximum Gasteiger partial charge on any atom is -0.0144 e. The van der Waals surface area contributed by atoms with Gasteiger partial charge in [-0.1, -0.05) is 90.6 Å². The number of benzene rings is 2. The van der Waals surface area contributed by atoms with E-state index in [1.165, 1.54) is 33.4 Å². The fraction of sp³-hybridized carbons (Fsp3) is 0.417. The first-order valence-corrected chi connectivity index (χ1v) is 9.03. The van der Waals surface area contributed by atoms with Crippen LogP contribution < -0.4 is 0 Å². The van der Waals surface area contributed by atoms with Crippen molar-refractivity contribution < 1.29 is 0 Å². The van der Waals surface area contributed by atoms with Crippen molar-refractivity contribution in [2.24, 2.45) is 0 Å². The largest absolute Gasteiger partial charge is 0.0776 e. The molecule has 0 spiro atoms. The summed E-state index contributed by atoms with van der Waals surface area (Å²) in [6, 6.07) is 17.7. The third-order valence-electron chi connectivity index (χ3n) is 4.41. The minimum Gasteiger partial charge on any atom is -0.0776 e. The first-order valence-electron chi connectivity index (χ1n) is 9.03. The van der Waals surface area contributed by atoms with E-state index in [0.717, 1.165) is 6.42 Å². The second-order valence-electron chi connectivity index (χ2n) is 5.60. The Kier molecular flexibility index (Phi) is 10.0. The average molecular weight is 325 g/mol. The first-order chi connectivity index (χ1) is 11.2. The Morgan fingerprint density at radius 1 is 0.708 bits per heavy atom. The Labute approximate surface area is 150 Å². The summed E-state index contributed by atoms with van der Waals surface area (Å²) in [5, 5.41) is 0. The topological polar surface area (TPSA) is 0 Å². The summed E-state index contributed by atoms with van der Waals surface area (Å²) in [5.74, 6) is 0.570.